The van der Waals surface area contributed by atoms with E-state index in [4.69, 9.17) is 10.8 Å². The van der Waals surface area contributed by atoms with Crippen LogP contribution in [0.1, 0.15) is 26.2 Å². The molecule has 0 saturated carbocycles. The monoisotopic (exact) mass is 226 g/mol. The molecular weight excluding hydrogens is 208 g/mol. The Balaban J connectivity index is 2.37. The Morgan fingerprint density at radius 2 is 2.25 bits per heavy atom. The second-order valence-corrected chi connectivity index (χ2v) is 4.08. The van der Waals surface area contributed by atoms with E-state index in [2.05, 4.69) is 5.32 Å². The summed E-state index contributed by atoms with van der Waals surface area (Å²) in [6, 6.07) is -0.696. The Morgan fingerprint density at radius 3 is 2.75 bits per heavy atom. The molecule has 0 aromatic rings. The van der Waals surface area contributed by atoms with Crippen molar-refractivity contribution in [2.75, 3.05) is 0 Å². The van der Waals surface area contributed by atoms with Gasteiger partial charge in [0.05, 0.1) is 12.0 Å². The van der Waals surface area contributed by atoms with Gasteiger partial charge in [0.1, 0.15) is 0 Å². The number of carbonyl (C=O) groups is 2. The summed E-state index contributed by atoms with van der Waals surface area (Å²) in [6.07, 6.45) is 5.24. The van der Waals surface area contributed by atoms with E-state index in [-0.39, 0.29) is 11.9 Å². The second kappa shape index (κ2) is 5.65. The van der Waals surface area contributed by atoms with Crippen molar-refractivity contribution in [2.45, 2.75) is 38.3 Å². The lowest BCUT2D eigenvalue weighted by atomic mass is 10.1. The van der Waals surface area contributed by atoms with E-state index in [0.717, 1.165) is 6.42 Å². The molecule has 0 aliphatic heterocycles. The molecule has 0 saturated heterocycles. The van der Waals surface area contributed by atoms with Crippen LogP contribution in [0.3, 0.4) is 0 Å². The van der Waals surface area contributed by atoms with Crippen LogP contribution in [0.4, 0.5) is 0 Å². The number of amides is 1. The van der Waals surface area contributed by atoms with Gasteiger partial charge in [0.25, 0.3) is 0 Å². The molecule has 1 aliphatic rings. The van der Waals surface area contributed by atoms with Crippen LogP contribution >= 0.6 is 0 Å². The third-order valence-electron chi connectivity index (χ3n) is 2.66. The smallest absolute Gasteiger partial charge is 0.310 e. The molecule has 1 rings (SSSR count). The van der Waals surface area contributed by atoms with Gasteiger partial charge in [-0.05, 0) is 12.8 Å². The molecular formula is C11H18N2O3. The molecule has 16 heavy (non-hydrogen) atoms. The lowest BCUT2D eigenvalue weighted by molar-refractivity contribution is -0.140. The predicted molar refractivity (Wildman–Crippen MR) is 59.7 cm³/mol. The summed E-state index contributed by atoms with van der Waals surface area (Å²) in [6.45, 7) is 1.96. The maximum absolute atomic E-state index is 11.5. The summed E-state index contributed by atoms with van der Waals surface area (Å²) in [5.74, 6) is -1.55. The molecule has 5 heteroatoms. The van der Waals surface area contributed by atoms with Crippen molar-refractivity contribution in [3.63, 3.8) is 0 Å². The zero-order valence-corrected chi connectivity index (χ0v) is 9.35. The van der Waals surface area contributed by atoms with Crippen molar-refractivity contribution in [3.8, 4) is 0 Å². The van der Waals surface area contributed by atoms with Gasteiger partial charge in [-0.2, -0.15) is 0 Å². The second-order valence-electron chi connectivity index (χ2n) is 4.08. The number of hydrogen-bond acceptors (Lipinski definition) is 3. The first-order valence-electron chi connectivity index (χ1n) is 5.51. The first-order valence-corrected chi connectivity index (χ1v) is 5.51. The summed E-state index contributed by atoms with van der Waals surface area (Å²) in [7, 11) is 0. The van der Waals surface area contributed by atoms with Crippen LogP contribution in [0.5, 0.6) is 0 Å². The number of hydrogen-bond donors (Lipinski definition) is 3. The Hall–Kier alpha value is -1.36. The first kappa shape index (κ1) is 12.7. The van der Waals surface area contributed by atoms with Crippen molar-refractivity contribution in [2.24, 2.45) is 11.7 Å². The molecule has 0 spiro atoms. The van der Waals surface area contributed by atoms with Gasteiger partial charge in [-0.1, -0.05) is 25.5 Å². The fourth-order valence-corrected chi connectivity index (χ4v) is 1.72. The third kappa shape index (κ3) is 3.34. The van der Waals surface area contributed by atoms with Gasteiger partial charge in [0, 0.05) is 6.04 Å². The van der Waals surface area contributed by atoms with Crippen LogP contribution < -0.4 is 11.1 Å². The van der Waals surface area contributed by atoms with Crippen molar-refractivity contribution in [1.29, 1.82) is 0 Å². The molecule has 1 amide bonds. The fourth-order valence-electron chi connectivity index (χ4n) is 1.72. The minimum atomic E-state index is -0.856. The van der Waals surface area contributed by atoms with Crippen LogP contribution in [0.25, 0.3) is 0 Å². The highest BCUT2D eigenvalue weighted by Gasteiger charge is 2.26. The minimum absolute atomic E-state index is 0.198. The van der Waals surface area contributed by atoms with E-state index in [9.17, 15) is 9.59 Å². The zero-order valence-electron chi connectivity index (χ0n) is 9.35. The summed E-state index contributed by atoms with van der Waals surface area (Å²) < 4.78 is 0. The highest BCUT2D eigenvalue weighted by atomic mass is 16.4. The van der Waals surface area contributed by atoms with Gasteiger partial charge in [0.15, 0.2) is 0 Å². The number of carbonyl (C=O) groups excluding carboxylic acids is 1. The molecule has 1 aliphatic carbocycles. The molecule has 2 unspecified atom stereocenters. The van der Waals surface area contributed by atoms with E-state index in [0.29, 0.717) is 12.8 Å². The Morgan fingerprint density at radius 1 is 1.56 bits per heavy atom. The minimum Gasteiger partial charge on any atom is -0.481 e. The van der Waals surface area contributed by atoms with Crippen LogP contribution in [0, 0.1) is 5.92 Å². The fraction of sp³-hybridized carbons (Fsp3) is 0.636. The van der Waals surface area contributed by atoms with Crippen molar-refractivity contribution >= 4 is 11.9 Å². The van der Waals surface area contributed by atoms with Gasteiger partial charge in [-0.3, -0.25) is 9.59 Å². The van der Waals surface area contributed by atoms with E-state index in [1.165, 1.54) is 0 Å². The molecule has 4 N–H and O–H groups in total. The summed E-state index contributed by atoms with van der Waals surface area (Å²) in [4.78, 5) is 22.2. The normalized spacial score (nSPS) is 25.4. The maximum atomic E-state index is 11.5. The van der Waals surface area contributed by atoms with Gasteiger partial charge < -0.3 is 16.2 Å². The maximum Gasteiger partial charge on any atom is 0.310 e. The van der Waals surface area contributed by atoms with Crippen LogP contribution in [0.15, 0.2) is 12.2 Å². The average molecular weight is 226 g/mol. The largest absolute Gasteiger partial charge is 0.481 e. The number of nitrogens with one attached hydrogen (secondary N) is 1. The predicted octanol–water partition coefficient (Wildman–Crippen LogP) is 0.259. The number of carboxylic acid groups (broad SMARTS) is 1. The zero-order chi connectivity index (χ0) is 12.1. The van der Waals surface area contributed by atoms with E-state index in [1.807, 2.05) is 6.92 Å². The van der Waals surface area contributed by atoms with Gasteiger partial charge in [-0.15, -0.1) is 0 Å². The SMILES string of the molecule is CCC[C@H](N)C(=O)NC1C=CC(C(=O)O)C1. The molecule has 0 aromatic carbocycles. The summed E-state index contributed by atoms with van der Waals surface area (Å²) >= 11 is 0. The standard InChI is InChI=1S/C11H18N2O3/c1-2-3-9(12)10(14)13-8-5-4-7(6-8)11(15)16/h4-5,7-9H,2-3,6,12H2,1H3,(H,13,14)(H,15,16)/t7?,8?,9-/m0/s1. The molecule has 0 bridgehead atoms. The number of carboxylic acids is 1. The van der Waals surface area contributed by atoms with Crippen molar-refractivity contribution in [3.05, 3.63) is 12.2 Å². The van der Waals surface area contributed by atoms with Gasteiger partial charge in [0.2, 0.25) is 5.91 Å². The van der Waals surface area contributed by atoms with Gasteiger partial charge >= 0.3 is 5.97 Å². The molecule has 0 aromatic heterocycles. The summed E-state index contributed by atoms with van der Waals surface area (Å²) in [5.41, 5.74) is 5.65. The highest BCUT2D eigenvalue weighted by Crippen LogP contribution is 2.17. The Labute approximate surface area is 94.7 Å². The molecule has 3 atom stereocenters. The van der Waals surface area contributed by atoms with Gasteiger partial charge in [-0.25, -0.2) is 0 Å². The Bertz CT molecular complexity index is 302. The molecule has 5 nitrogen and oxygen atoms in total. The number of rotatable bonds is 5. The molecule has 90 valence electrons. The summed E-state index contributed by atoms with van der Waals surface area (Å²) in [5, 5.41) is 11.5. The van der Waals surface area contributed by atoms with E-state index >= 15 is 0 Å². The van der Waals surface area contributed by atoms with Crippen molar-refractivity contribution in [1.82, 2.24) is 5.32 Å². The van der Waals surface area contributed by atoms with Crippen LogP contribution in [-0.2, 0) is 9.59 Å². The third-order valence-corrected chi connectivity index (χ3v) is 2.66. The Kier molecular flexibility index (Phi) is 4.49. The lowest BCUT2D eigenvalue weighted by Crippen LogP contribution is -2.44. The first-order chi connectivity index (χ1) is 7.54. The lowest BCUT2D eigenvalue weighted by Gasteiger charge is -2.15. The highest BCUT2D eigenvalue weighted by molar-refractivity contribution is 5.82. The average Bonchev–Trinajstić information content (AvgIpc) is 2.66. The van der Waals surface area contributed by atoms with Crippen LogP contribution in [-0.4, -0.2) is 29.1 Å². The quantitative estimate of drug-likeness (QED) is 0.586. The molecule has 0 heterocycles. The van der Waals surface area contributed by atoms with E-state index < -0.39 is 17.9 Å². The molecule has 0 fully saturated rings. The van der Waals surface area contributed by atoms with E-state index in [1.54, 1.807) is 12.2 Å². The molecule has 0 radical (unpaired) electrons. The number of aliphatic carboxylic acids is 1. The van der Waals surface area contributed by atoms with Crippen LogP contribution in [0.2, 0.25) is 0 Å². The van der Waals surface area contributed by atoms with Crippen molar-refractivity contribution < 1.29 is 14.7 Å². The topological polar surface area (TPSA) is 92.4 Å². The number of nitrogens with two attached hydrogens (primary N) is 1.